The number of pyridine rings is 1. The molecule has 4 aromatic rings. The zero-order chi connectivity index (χ0) is 22.2. The molecule has 7 nitrogen and oxygen atoms in total. The Kier molecular flexibility index (Phi) is 5.73. The van der Waals surface area contributed by atoms with Gasteiger partial charge < -0.3 is 14.5 Å². The predicted octanol–water partition coefficient (Wildman–Crippen LogP) is 3.95. The second kappa shape index (κ2) is 9.00. The Morgan fingerprint density at radius 2 is 2.09 bits per heavy atom. The van der Waals surface area contributed by atoms with E-state index in [4.69, 9.17) is 19.7 Å². The van der Waals surface area contributed by atoms with Crippen molar-refractivity contribution in [2.24, 2.45) is 5.92 Å². The molecular weight excluding hydrogens is 432 g/mol. The quantitative estimate of drug-likeness (QED) is 0.468. The highest BCUT2D eigenvalue weighted by molar-refractivity contribution is 7.19. The summed E-state index contributed by atoms with van der Waals surface area (Å²) in [6.45, 7) is 7.40. The van der Waals surface area contributed by atoms with Crippen LogP contribution in [-0.4, -0.2) is 57.1 Å². The van der Waals surface area contributed by atoms with Crippen LogP contribution in [0, 0.1) is 5.92 Å². The van der Waals surface area contributed by atoms with Gasteiger partial charge in [0.25, 0.3) is 0 Å². The Bertz CT molecular complexity index is 1240. The van der Waals surface area contributed by atoms with Crippen LogP contribution >= 0.6 is 11.3 Å². The van der Waals surface area contributed by atoms with E-state index in [0.29, 0.717) is 0 Å². The summed E-state index contributed by atoms with van der Waals surface area (Å²) in [6.07, 6.45) is 8.55. The molecule has 33 heavy (non-hydrogen) atoms. The molecule has 172 valence electrons. The van der Waals surface area contributed by atoms with Gasteiger partial charge in [0.05, 0.1) is 30.8 Å². The fraction of sp³-hybridized carbons (Fsp3) is 0.480. The number of hydrogen-bond acceptors (Lipinski definition) is 7. The maximum Gasteiger partial charge on any atom is 0.146 e. The van der Waals surface area contributed by atoms with E-state index in [1.54, 1.807) is 0 Å². The van der Waals surface area contributed by atoms with E-state index in [9.17, 15) is 0 Å². The number of imidazole rings is 1. The molecule has 5 heterocycles. The summed E-state index contributed by atoms with van der Waals surface area (Å²) < 4.78 is 7.59. The first kappa shape index (κ1) is 21.0. The smallest absolute Gasteiger partial charge is 0.146 e. The second-order valence-electron chi connectivity index (χ2n) is 9.28. The van der Waals surface area contributed by atoms with Crippen molar-refractivity contribution in [1.82, 2.24) is 24.3 Å². The van der Waals surface area contributed by atoms with Crippen molar-refractivity contribution >= 4 is 33.0 Å². The molecule has 0 aromatic carbocycles. The number of aryl methyl sites for hydroxylation is 1. The van der Waals surface area contributed by atoms with Crippen molar-refractivity contribution in [1.29, 1.82) is 0 Å². The summed E-state index contributed by atoms with van der Waals surface area (Å²) in [7, 11) is 0. The zero-order valence-electron chi connectivity index (χ0n) is 19.1. The van der Waals surface area contributed by atoms with Gasteiger partial charge in [0.2, 0.25) is 0 Å². The summed E-state index contributed by atoms with van der Waals surface area (Å²) in [4.78, 5) is 19.8. The Morgan fingerprint density at radius 3 is 2.97 bits per heavy atom. The van der Waals surface area contributed by atoms with E-state index in [1.807, 2.05) is 35.7 Å². The molecule has 0 saturated carbocycles. The summed E-state index contributed by atoms with van der Waals surface area (Å²) in [6, 6.07) is 6.10. The highest BCUT2D eigenvalue weighted by atomic mass is 32.1. The summed E-state index contributed by atoms with van der Waals surface area (Å²) in [5, 5.41) is 4.92. The molecule has 2 aliphatic rings. The second-order valence-corrected chi connectivity index (χ2v) is 10.4. The zero-order valence-corrected chi connectivity index (χ0v) is 19.9. The van der Waals surface area contributed by atoms with Crippen LogP contribution in [0.25, 0.3) is 15.9 Å². The van der Waals surface area contributed by atoms with Crippen LogP contribution in [-0.2, 0) is 30.5 Å². The van der Waals surface area contributed by atoms with Crippen LogP contribution in [0.2, 0.25) is 0 Å². The molecule has 0 radical (unpaired) electrons. The standard InChI is InChI=1S/C25H30N6OS/c1-17-5-6-19-20(14-17)33-25-23(19)24(28-21(29-25)16-30-10-12-32-13-11-30)26-8-7-18-15-31-9-3-2-4-22(31)27-18/h2-4,9,15,17H,5-8,10-14,16H2,1H3,(H,26,28,29)/t17-/m1/s1. The number of thiophene rings is 1. The lowest BCUT2D eigenvalue weighted by Gasteiger charge is -2.26. The van der Waals surface area contributed by atoms with Gasteiger partial charge in [-0.15, -0.1) is 11.3 Å². The van der Waals surface area contributed by atoms with Gasteiger partial charge in [-0.05, 0) is 42.9 Å². The number of anilines is 1. The fourth-order valence-corrected chi connectivity index (χ4v) is 6.36. The highest BCUT2D eigenvalue weighted by Crippen LogP contribution is 2.40. The number of aromatic nitrogens is 4. The molecule has 1 fully saturated rings. The van der Waals surface area contributed by atoms with Gasteiger partial charge in [-0.25, -0.2) is 15.0 Å². The van der Waals surface area contributed by atoms with Crippen LogP contribution in [0.5, 0.6) is 0 Å². The average Bonchev–Trinajstić information content (AvgIpc) is 3.40. The Hall–Kier alpha value is -2.55. The number of nitrogens with one attached hydrogen (secondary N) is 1. The van der Waals surface area contributed by atoms with Crippen molar-refractivity contribution in [2.45, 2.75) is 39.2 Å². The lowest BCUT2D eigenvalue weighted by Crippen LogP contribution is -2.36. The van der Waals surface area contributed by atoms with E-state index in [0.717, 1.165) is 92.4 Å². The Balaban J connectivity index is 1.28. The largest absolute Gasteiger partial charge is 0.379 e. The lowest BCUT2D eigenvalue weighted by molar-refractivity contribution is 0.0331. The molecule has 1 aliphatic carbocycles. The number of morpholine rings is 1. The molecule has 6 rings (SSSR count). The van der Waals surface area contributed by atoms with Gasteiger partial charge in [0, 0.05) is 43.3 Å². The summed E-state index contributed by atoms with van der Waals surface area (Å²) in [5.74, 6) is 2.66. The third-order valence-electron chi connectivity index (χ3n) is 6.76. The van der Waals surface area contributed by atoms with Crippen LogP contribution in [0.1, 0.15) is 35.3 Å². The number of rotatable bonds is 6. The van der Waals surface area contributed by atoms with Crippen molar-refractivity contribution < 1.29 is 4.74 Å². The number of ether oxygens (including phenoxy) is 1. The first-order valence-corrected chi connectivity index (χ1v) is 12.8. The number of hydrogen-bond donors (Lipinski definition) is 1. The molecule has 0 unspecified atom stereocenters. The minimum Gasteiger partial charge on any atom is -0.379 e. The molecule has 1 N–H and O–H groups in total. The monoisotopic (exact) mass is 462 g/mol. The molecule has 0 bridgehead atoms. The van der Waals surface area contributed by atoms with Gasteiger partial charge in [-0.1, -0.05) is 13.0 Å². The van der Waals surface area contributed by atoms with E-state index < -0.39 is 0 Å². The molecule has 1 aliphatic heterocycles. The number of nitrogens with zero attached hydrogens (tertiary/aromatic N) is 5. The van der Waals surface area contributed by atoms with Crippen molar-refractivity contribution in [3.8, 4) is 0 Å². The Labute approximate surface area is 197 Å². The summed E-state index contributed by atoms with van der Waals surface area (Å²) in [5.41, 5.74) is 3.56. The predicted molar refractivity (Wildman–Crippen MR) is 132 cm³/mol. The molecule has 1 atom stereocenters. The van der Waals surface area contributed by atoms with E-state index in [-0.39, 0.29) is 0 Å². The van der Waals surface area contributed by atoms with Gasteiger partial charge in [0.15, 0.2) is 0 Å². The van der Waals surface area contributed by atoms with Crippen molar-refractivity contribution in [3.63, 3.8) is 0 Å². The topological polar surface area (TPSA) is 67.6 Å². The third-order valence-corrected chi connectivity index (χ3v) is 7.91. The van der Waals surface area contributed by atoms with Gasteiger partial charge in [-0.3, -0.25) is 4.90 Å². The molecular formula is C25H30N6OS. The van der Waals surface area contributed by atoms with E-state index in [1.165, 1.54) is 22.2 Å². The van der Waals surface area contributed by atoms with Gasteiger partial charge >= 0.3 is 0 Å². The van der Waals surface area contributed by atoms with Crippen LogP contribution in [0.3, 0.4) is 0 Å². The van der Waals surface area contributed by atoms with E-state index in [2.05, 4.69) is 27.7 Å². The first-order chi connectivity index (χ1) is 16.2. The third kappa shape index (κ3) is 4.35. The fourth-order valence-electron chi connectivity index (χ4n) is 4.96. The van der Waals surface area contributed by atoms with Gasteiger partial charge in [-0.2, -0.15) is 0 Å². The van der Waals surface area contributed by atoms with Crippen molar-refractivity contribution in [3.05, 3.63) is 52.6 Å². The molecule has 0 amide bonds. The lowest BCUT2D eigenvalue weighted by atomic mass is 9.89. The molecule has 8 heteroatoms. The number of fused-ring (bicyclic) bond motifs is 4. The molecule has 0 spiro atoms. The Morgan fingerprint density at radius 1 is 1.18 bits per heavy atom. The minimum atomic E-state index is 0.748. The highest BCUT2D eigenvalue weighted by Gasteiger charge is 2.24. The maximum atomic E-state index is 5.51. The average molecular weight is 463 g/mol. The van der Waals surface area contributed by atoms with E-state index >= 15 is 0 Å². The maximum absolute atomic E-state index is 5.51. The van der Waals surface area contributed by atoms with Crippen molar-refractivity contribution in [2.75, 3.05) is 38.2 Å². The SMILES string of the molecule is C[C@@H]1CCc2c(sc3nc(CN4CCOCC4)nc(NCCc4cn5ccccc5n4)c23)C1. The van der Waals surface area contributed by atoms with Gasteiger partial charge in [0.1, 0.15) is 22.1 Å². The normalized spacial score (nSPS) is 19.2. The van der Waals surface area contributed by atoms with Crippen LogP contribution in [0.15, 0.2) is 30.6 Å². The first-order valence-electron chi connectivity index (χ1n) is 12.0. The molecule has 1 saturated heterocycles. The summed E-state index contributed by atoms with van der Waals surface area (Å²) >= 11 is 1.88. The van der Waals surface area contributed by atoms with Crippen LogP contribution in [0.4, 0.5) is 5.82 Å². The van der Waals surface area contributed by atoms with Crippen LogP contribution < -0.4 is 5.32 Å². The minimum absolute atomic E-state index is 0.748. The molecule has 4 aromatic heterocycles.